The van der Waals surface area contributed by atoms with Gasteiger partial charge in [0.25, 0.3) is 0 Å². The lowest BCUT2D eigenvalue weighted by Crippen LogP contribution is -2.52. The number of nitrogens with zero attached hydrogens (tertiary/aromatic N) is 3. The summed E-state index contributed by atoms with van der Waals surface area (Å²) in [6.07, 6.45) is 4.41. The van der Waals surface area contributed by atoms with E-state index in [9.17, 15) is 9.59 Å². The normalized spacial score (nSPS) is 19.8. The van der Waals surface area contributed by atoms with Crippen molar-refractivity contribution >= 4 is 17.6 Å². The highest BCUT2D eigenvalue weighted by Gasteiger charge is 2.34. The molecule has 3 amide bonds. The first kappa shape index (κ1) is 22.9. The van der Waals surface area contributed by atoms with Crippen LogP contribution in [-0.2, 0) is 17.8 Å². The molecule has 5 rings (SSSR count). The first-order valence-electron chi connectivity index (χ1n) is 12.8. The van der Waals surface area contributed by atoms with Crippen molar-refractivity contribution in [2.24, 2.45) is 5.92 Å². The molecule has 0 aromatic heterocycles. The zero-order chi connectivity index (χ0) is 23.5. The molecule has 2 fully saturated rings. The second-order valence-corrected chi connectivity index (χ2v) is 10.1. The number of piperidine rings is 2. The Labute approximate surface area is 202 Å². The molecule has 0 atom stereocenters. The van der Waals surface area contributed by atoms with Crippen LogP contribution in [0.15, 0.2) is 48.5 Å². The Morgan fingerprint density at radius 1 is 0.882 bits per heavy atom. The van der Waals surface area contributed by atoms with Crippen molar-refractivity contribution in [1.82, 2.24) is 15.1 Å². The number of para-hydroxylation sites is 1. The third-order valence-electron chi connectivity index (χ3n) is 7.85. The lowest BCUT2D eigenvalue weighted by atomic mass is 9.95. The van der Waals surface area contributed by atoms with Crippen molar-refractivity contribution in [1.29, 1.82) is 0 Å². The Balaban J connectivity index is 1.06. The van der Waals surface area contributed by atoms with Gasteiger partial charge in [-0.2, -0.15) is 0 Å². The third-order valence-corrected chi connectivity index (χ3v) is 7.85. The van der Waals surface area contributed by atoms with E-state index in [1.807, 2.05) is 21.9 Å². The predicted molar refractivity (Wildman–Crippen MR) is 135 cm³/mol. The number of amides is 3. The van der Waals surface area contributed by atoms with Gasteiger partial charge in [-0.25, -0.2) is 4.79 Å². The minimum Gasteiger partial charge on any atom is -0.335 e. The summed E-state index contributed by atoms with van der Waals surface area (Å²) in [5.74, 6) is 0.242. The highest BCUT2D eigenvalue weighted by atomic mass is 16.2. The molecule has 0 bridgehead atoms. The molecular weight excluding hydrogens is 424 g/mol. The first-order chi connectivity index (χ1) is 16.6. The smallest absolute Gasteiger partial charge is 0.317 e. The van der Waals surface area contributed by atoms with E-state index < -0.39 is 0 Å². The summed E-state index contributed by atoms with van der Waals surface area (Å²) in [6.45, 7) is 7.26. The van der Waals surface area contributed by atoms with Crippen LogP contribution in [0.3, 0.4) is 0 Å². The first-order valence-corrected chi connectivity index (χ1v) is 12.8. The molecule has 2 aromatic carbocycles. The van der Waals surface area contributed by atoms with E-state index in [1.165, 1.54) is 16.7 Å². The van der Waals surface area contributed by atoms with Gasteiger partial charge in [-0.05, 0) is 61.8 Å². The zero-order valence-corrected chi connectivity index (χ0v) is 20.2. The van der Waals surface area contributed by atoms with Gasteiger partial charge in [0.15, 0.2) is 0 Å². The number of anilines is 1. The fraction of sp³-hybridized carbons (Fsp3) is 0.500. The number of nitrogens with one attached hydrogen (secondary N) is 1. The maximum absolute atomic E-state index is 13.1. The van der Waals surface area contributed by atoms with E-state index in [0.717, 1.165) is 64.0 Å². The number of urea groups is 1. The summed E-state index contributed by atoms with van der Waals surface area (Å²) in [6, 6.07) is 17.1. The van der Waals surface area contributed by atoms with Crippen molar-refractivity contribution < 1.29 is 9.59 Å². The Morgan fingerprint density at radius 3 is 2.35 bits per heavy atom. The lowest BCUT2D eigenvalue weighted by Gasteiger charge is -2.36. The molecule has 3 aliphatic heterocycles. The van der Waals surface area contributed by atoms with Gasteiger partial charge in [0.05, 0.1) is 0 Å². The van der Waals surface area contributed by atoms with Gasteiger partial charge < -0.3 is 15.1 Å². The van der Waals surface area contributed by atoms with Crippen molar-refractivity contribution in [3.05, 3.63) is 65.2 Å². The topological polar surface area (TPSA) is 55.9 Å². The molecule has 2 aromatic rings. The lowest BCUT2D eigenvalue weighted by molar-refractivity contribution is -0.123. The molecule has 0 saturated carbocycles. The largest absolute Gasteiger partial charge is 0.335 e. The molecule has 180 valence electrons. The monoisotopic (exact) mass is 460 g/mol. The van der Waals surface area contributed by atoms with Gasteiger partial charge in [-0.3, -0.25) is 9.69 Å². The van der Waals surface area contributed by atoms with Crippen LogP contribution in [0.5, 0.6) is 0 Å². The zero-order valence-electron chi connectivity index (χ0n) is 20.2. The summed E-state index contributed by atoms with van der Waals surface area (Å²) >= 11 is 0. The molecule has 0 aliphatic carbocycles. The van der Waals surface area contributed by atoms with Crippen LogP contribution in [0.1, 0.15) is 42.4 Å². The van der Waals surface area contributed by atoms with Crippen LogP contribution in [0.2, 0.25) is 0 Å². The third kappa shape index (κ3) is 4.97. The van der Waals surface area contributed by atoms with Gasteiger partial charge in [-0.15, -0.1) is 0 Å². The Bertz CT molecular complexity index is 1020. The Hall–Kier alpha value is -2.86. The maximum Gasteiger partial charge on any atom is 0.317 e. The summed E-state index contributed by atoms with van der Waals surface area (Å²) in [4.78, 5) is 32.4. The number of rotatable bonds is 4. The molecule has 2 saturated heterocycles. The maximum atomic E-state index is 13.1. The number of fused-ring (bicyclic) bond motifs is 1. The molecule has 0 radical (unpaired) electrons. The van der Waals surface area contributed by atoms with E-state index in [4.69, 9.17) is 0 Å². The highest BCUT2D eigenvalue weighted by molar-refractivity contribution is 5.97. The second kappa shape index (κ2) is 10.2. The van der Waals surface area contributed by atoms with E-state index in [2.05, 4.69) is 53.5 Å². The molecule has 0 spiro atoms. The summed E-state index contributed by atoms with van der Waals surface area (Å²) < 4.78 is 0. The van der Waals surface area contributed by atoms with E-state index >= 15 is 0 Å². The number of hydrogen-bond donors (Lipinski definition) is 1. The average molecular weight is 461 g/mol. The predicted octanol–water partition coefficient (Wildman–Crippen LogP) is 3.97. The standard InChI is InChI=1S/C28H36N4O2/c1-21-6-2-3-8-24(21)20-30-15-13-25(14-16-30)29-28(34)31-17-10-23(11-18-31)27(33)32-19-12-22-7-4-5-9-26(22)32/h2-9,23,25H,10-20H2,1H3,(H,29,34). The summed E-state index contributed by atoms with van der Waals surface area (Å²) in [7, 11) is 0. The van der Waals surface area contributed by atoms with Crippen LogP contribution in [0.25, 0.3) is 0 Å². The molecular formula is C28H36N4O2. The molecule has 6 nitrogen and oxygen atoms in total. The van der Waals surface area contributed by atoms with Gasteiger partial charge in [0, 0.05) is 56.9 Å². The second-order valence-electron chi connectivity index (χ2n) is 10.1. The average Bonchev–Trinajstić information content (AvgIpc) is 3.30. The van der Waals surface area contributed by atoms with Crippen LogP contribution in [0.4, 0.5) is 10.5 Å². The van der Waals surface area contributed by atoms with Gasteiger partial charge in [-0.1, -0.05) is 42.5 Å². The minimum absolute atomic E-state index is 0.0138. The SMILES string of the molecule is Cc1ccccc1CN1CCC(NC(=O)N2CCC(C(=O)N3CCc4ccccc43)CC2)CC1. The number of hydrogen-bond acceptors (Lipinski definition) is 3. The van der Waals surface area contributed by atoms with Crippen LogP contribution in [0, 0.1) is 12.8 Å². The Morgan fingerprint density at radius 2 is 1.59 bits per heavy atom. The number of carbonyl (C=O) groups is 2. The number of benzene rings is 2. The molecule has 0 unspecified atom stereocenters. The summed E-state index contributed by atoms with van der Waals surface area (Å²) in [5, 5.41) is 3.26. The van der Waals surface area contributed by atoms with Crippen molar-refractivity contribution in [3.63, 3.8) is 0 Å². The molecule has 6 heteroatoms. The van der Waals surface area contributed by atoms with Crippen LogP contribution < -0.4 is 10.2 Å². The van der Waals surface area contributed by atoms with E-state index in [1.54, 1.807) is 0 Å². The highest BCUT2D eigenvalue weighted by Crippen LogP contribution is 2.31. The van der Waals surface area contributed by atoms with Gasteiger partial charge in [0.1, 0.15) is 0 Å². The fourth-order valence-corrected chi connectivity index (χ4v) is 5.65. The molecule has 34 heavy (non-hydrogen) atoms. The summed E-state index contributed by atoms with van der Waals surface area (Å²) in [5.41, 5.74) is 5.06. The van der Waals surface area contributed by atoms with Crippen LogP contribution >= 0.6 is 0 Å². The molecule has 1 N–H and O–H groups in total. The van der Waals surface area contributed by atoms with E-state index in [-0.39, 0.29) is 23.9 Å². The number of aryl methyl sites for hydroxylation is 1. The van der Waals surface area contributed by atoms with Crippen LogP contribution in [-0.4, -0.2) is 60.5 Å². The quantitative estimate of drug-likeness (QED) is 0.751. The van der Waals surface area contributed by atoms with Crippen molar-refractivity contribution in [2.45, 2.75) is 51.6 Å². The Kier molecular flexibility index (Phi) is 6.86. The number of likely N-dealkylation sites (tertiary alicyclic amines) is 2. The minimum atomic E-state index is 0.0138. The molecule has 3 heterocycles. The fourth-order valence-electron chi connectivity index (χ4n) is 5.65. The number of carbonyl (C=O) groups excluding carboxylic acids is 2. The van der Waals surface area contributed by atoms with Gasteiger partial charge in [0.2, 0.25) is 5.91 Å². The molecule has 3 aliphatic rings. The van der Waals surface area contributed by atoms with E-state index in [0.29, 0.717) is 13.1 Å². The van der Waals surface area contributed by atoms with Crippen molar-refractivity contribution in [3.8, 4) is 0 Å². The van der Waals surface area contributed by atoms with Crippen molar-refractivity contribution in [2.75, 3.05) is 37.6 Å². The van der Waals surface area contributed by atoms with Gasteiger partial charge >= 0.3 is 6.03 Å².